The average molecular weight is 483 g/mol. The number of aryl methyl sites for hydroxylation is 1. The highest BCUT2D eigenvalue weighted by atomic mass is 19.3. The van der Waals surface area contributed by atoms with E-state index in [-0.39, 0.29) is 13.0 Å². The number of methoxy groups -OCH3 is 1. The Morgan fingerprint density at radius 2 is 2.06 bits per heavy atom. The molecule has 35 heavy (non-hydrogen) atoms. The summed E-state index contributed by atoms with van der Waals surface area (Å²) in [6.07, 6.45) is 5.41. The van der Waals surface area contributed by atoms with Gasteiger partial charge >= 0.3 is 0 Å². The summed E-state index contributed by atoms with van der Waals surface area (Å²) in [4.78, 5) is 9.02. The smallest absolute Gasteiger partial charge is 0.244 e. The molecule has 0 amide bonds. The number of alkyl halides is 2. The Kier molecular flexibility index (Phi) is 5.55. The first-order chi connectivity index (χ1) is 17.0. The van der Waals surface area contributed by atoms with Gasteiger partial charge in [0.25, 0.3) is 0 Å². The fourth-order valence-electron chi connectivity index (χ4n) is 5.30. The summed E-state index contributed by atoms with van der Waals surface area (Å²) in [7, 11) is 1.60. The first-order valence-corrected chi connectivity index (χ1v) is 12.0. The van der Waals surface area contributed by atoms with Crippen molar-refractivity contribution in [1.82, 2.24) is 24.1 Å². The highest BCUT2D eigenvalue weighted by Gasteiger charge is 2.41. The van der Waals surface area contributed by atoms with E-state index in [1.165, 1.54) is 0 Å². The number of hydrogen-bond acceptors (Lipinski definition) is 6. The van der Waals surface area contributed by atoms with Crippen LogP contribution in [0.2, 0.25) is 0 Å². The van der Waals surface area contributed by atoms with Gasteiger partial charge in [0.05, 0.1) is 37.7 Å². The second-order valence-electron chi connectivity index (χ2n) is 9.70. The van der Waals surface area contributed by atoms with Crippen LogP contribution in [-0.2, 0) is 11.3 Å². The van der Waals surface area contributed by atoms with Crippen LogP contribution in [-0.4, -0.2) is 56.9 Å². The van der Waals surface area contributed by atoms with Crippen molar-refractivity contribution in [3.63, 3.8) is 0 Å². The van der Waals surface area contributed by atoms with E-state index in [2.05, 4.69) is 15.3 Å². The first kappa shape index (κ1) is 22.2. The van der Waals surface area contributed by atoms with Gasteiger partial charge in [0, 0.05) is 36.2 Å². The largest absolute Gasteiger partial charge is 0.479 e. The second-order valence-corrected chi connectivity index (χ2v) is 9.70. The zero-order chi connectivity index (χ0) is 24.0. The van der Waals surface area contributed by atoms with E-state index in [9.17, 15) is 8.78 Å². The van der Waals surface area contributed by atoms with Crippen LogP contribution in [0, 0.1) is 5.41 Å². The van der Waals surface area contributed by atoms with Gasteiger partial charge in [0.1, 0.15) is 5.52 Å². The van der Waals surface area contributed by atoms with Crippen LogP contribution >= 0.6 is 0 Å². The third-order valence-electron chi connectivity index (χ3n) is 7.39. The molecule has 2 aliphatic rings. The van der Waals surface area contributed by atoms with Crippen molar-refractivity contribution in [3.05, 3.63) is 36.8 Å². The van der Waals surface area contributed by atoms with Crippen LogP contribution in [0.5, 0.6) is 5.88 Å². The zero-order valence-electron chi connectivity index (χ0n) is 19.6. The van der Waals surface area contributed by atoms with E-state index in [0.29, 0.717) is 23.3 Å². The Morgan fingerprint density at radius 3 is 2.77 bits per heavy atom. The van der Waals surface area contributed by atoms with Crippen LogP contribution in [0.1, 0.15) is 32.1 Å². The van der Waals surface area contributed by atoms with Crippen LogP contribution in [0.25, 0.3) is 27.7 Å². The number of anilines is 1. The van der Waals surface area contributed by atoms with E-state index in [1.807, 2.05) is 30.5 Å². The predicted molar refractivity (Wildman–Crippen MR) is 128 cm³/mol. The molecular formula is C25H28F2N6O2. The van der Waals surface area contributed by atoms with Gasteiger partial charge in [0.2, 0.25) is 18.3 Å². The Hall–Kier alpha value is -3.27. The van der Waals surface area contributed by atoms with E-state index >= 15 is 0 Å². The normalized spacial score (nSPS) is 17.9. The molecule has 0 atom stereocenters. The summed E-state index contributed by atoms with van der Waals surface area (Å²) in [5.41, 5.74) is 4.55. The molecule has 1 saturated heterocycles. The number of nitrogens with one attached hydrogen (secondary N) is 1. The summed E-state index contributed by atoms with van der Waals surface area (Å²) in [5, 5.41) is 8.20. The van der Waals surface area contributed by atoms with Crippen LogP contribution < -0.4 is 10.1 Å². The third kappa shape index (κ3) is 4.09. The fraction of sp³-hybridized carbons (Fsp3) is 0.480. The highest BCUT2D eigenvalue weighted by molar-refractivity contribution is 5.89. The molecule has 1 aromatic carbocycles. The number of hydrogen-bond donors (Lipinski definition) is 1. The van der Waals surface area contributed by atoms with Gasteiger partial charge in [-0.25, -0.2) is 18.3 Å². The van der Waals surface area contributed by atoms with Gasteiger partial charge in [0.15, 0.2) is 0 Å². The van der Waals surface area contributed by atoms with Gasteiger partial charge in [-0.15, -0.1) is 5.10 Å². The molecule has 0 radical (unpaired) electrons. The van der Waals surface area contributed by atoms with Gasteiger partial charge < -0.3 is 19.4 Å². The fourth-order valence-corrected chi connectivity index (χ4v) is 5.30. The van der Waals surface area contributed by atoms with Gasteiger partial charge in [-0.05, 0) is 49.4 Å². The minimum atomic E-state index is -2.35. The van der Waals surface area contributed by atoms with Gasteiger partial charge in [-0.1, -0.05) is 6.07 Å². The summed E-state index contributed by atoms with van der Waals surface area (Å²) < 4.78 is 40.1. The van der Waals surface area contributed by atoms with Crippen molar-refractivity contribution < 1.29 is 18.3 Å². The number of rotatable bonds is 7. The molecule has 4 heterocycles. The summed E-state index contributed by atoms with van der Waals surface area (Å²) in [5.74, 6) is 1.02. The Labute approximate surface area is 201 Å². The summed E-state index contributed by atoms with van der Waals surface area (Å²) in [6, 6.07) is 8.14. The van der Waals surface area contributed by atoms with Crippen molar-refractivity contribution >= 4 is 22.5 Å². The van der Waals surface area contributed by atoms with E-state index in [0.717, 1.165) is 66.6 Å². The number of imidazole rings is 1. The minimum Gasteiger partial charge on any atom is -0.479 e. The molecule has 0 bridgehead atoms. The number of aromatic nitrogens is 5. The lowest BCUT2D eigenvalue weighted by Gasteiger charge is -2.46. The maximum absolute atomic E-state index is 12.7. The Balaban J connectivity index is 1.29. The van der Waals surface area contributed by atoms with Crippen LogP contribution in [0.3, 0.4) is 0 Å². The van der Waals surface area contributed by atoms with Crippen LogP contribution in [0.15, 0.2) is 36.8 Å². The number of benzene rings is 1. The molecule has 0 unspecified atom stereocenters. The number of nitrogens with zero attached hydrogens (tertiary/aromatic N) is 5. The molecular weight excluding hydrogens is 454 g/mol. The molecule has 4 aromatic rings. The quantitative estimate of drug-likeness (QED) is 0.409. The van der Waals surface area contributed by atoms with Gasteiger partial charge in [-0.3, -0.25) is 0 Å². The molecule has 1 aliphatic carbocycles. The van der Waals surface area contributed by atoms with Crippen molar-refractivity contribution in [2.45, 2.75) is 51.1 Å². The molecule has 6 rings (SSSR count). The molecule has 1 N–H and O–H groups in total. The summed E-state index contributed by atoms with van der Waals surface area (Å²) >= 11 is 0. The molecule has 184 valence electrons. The predicted octanol–water partition coefficient (Wildman–Crippen LogP) is 4.78. The van der Waals surface area contributed by atoms with E-state index in [4.69, 9.17) is 14.6 Å². The number of ether oxygens (including phenoxy) is 2. The lowest BCUT2D eigenvalue weighted by atomic mass is 9.71. The van der Waals surface area contributed by atoms with Gasteiger partial charge in [-0.2, -0.15) is 4.98 Å². The standard InChI is InChI=1S/C25H28F2N6O2/c1-34-23-22-18(16-2-3-19-20(12-16)32(15-28-19)10-7-21(26)27)6-11-33(22)31-24(30-23)29-17-4-8-25(9-5-17)13-35-14-25/h2-3,6,11-12,15,17,21H,4-5,7-10,13-14H2,1H3,(H,29,31). The van der Waals surface area contributed by atoms with Crippen molar-refractivity contribution in [1.29, 1.82) is 0 Å². The topological polar surface area (TPSA) is 78.5 Å². The van der Waals surface area contributed by atoms with Crippen molar-refractivity contribution in [2.24, 2.45) is 5.41 Å². The van der Waals surface area contributed by atoms with E-state index < -0.39 is 6.43 Å². The molecule has 3 aromatic heterocycles. The SMILES string of the molecule is COc1nc(NC2CCC3(CC2)COC3)nn2ccc(-c3ccc4ncn(CCC(F)F)c4c3)c12. The first-order valence-electron chi connectivity index (χ1n) is 12.0. The van der Waals surface area contributed by atoms with Crippen molar-refractivity contribution in [2.75, 3.05) is 25.6 Å². The lowest BCUT2D eigenvalue weighted by Crippen LogP contribution is -2.47. The molecule has 2 fully saturated rings. The monoisotopic (exact) mass is 482 g/mol. The average Bonchev–Trinajstić information content (AvgIpc) is 3.45. The van der Waals surface area contributed by atoms with Crippen LogP contribution in [0.4, 0.5) is 14.7 Å². The number of fused-ring (bicyclic) bond motifs is 2. The molecule has 1 saturated carbocycles. The Morgan fingerprint density at radius 1 is 1.23 bits per heavy atom. The third-order valence-corrected chi connectivity index (χ3v) is 7.39. The highest BCUT2D eigenvalue weighted by Crippen LogP contribution is 2.42. The maximum atomic E-state index is 12.7. The summed E-state index contributed by atoms with van der Waals surface area (Å²) in [6.45, 7) is 1.99. The molecule has 10 heteroatoms. The zero-order valence-corrected chi connectivity index (χ0v) is 19.6. The Bertz CT molecular complexity index is 1350. The second kappa shape index (κ2) is 8.75. The lowest BCUT2D eigenvalue weighted by molar-refractivity contribution is -0.131. The van der Waals surface area contributed by atoms with Crippen molar-refractivity contribution in [3.8, 4) is 17.0 Å². The number of halogens is 2. The molecule has 1 aliphatic heterocycles. The molecule has 1 spiro atoms. The minimum absolute atomic E-state index is 0.210. The van der Waals surface area contributed by atoms with E-state index in [1.54, 1.807) is 22.5 Å². The maximum Gasteiger partial charge on any atom is 0.244 e. The molecule has 8 nitrogen and oxygen atoms in total.